The highest BCUT2D eigenvalue weighted by Crippen LogP contribution is 2.44. The Hall–Kier alpha value is -0.740. The normalized spacial score (nSPS) is 20.1. The summed E-state index contributed by atoms with van der Waals surface area (Å²) in [5.74, 6) is -0.0797. The maximum absolute atomic E-state index is 13.6. The van der Waals surface area contributed by atoms with Crippen LogP contribution in [0.25, 0.3) is 0 Å². The van der Waals surface area contributed by atoms with Gasteiger partial charge in [-0.1, -0.05) is 36.6 Å². The van der Waals surface area contributed by atoms with Crippen molar-refractivity contribution in [3.05, 3.63) is 62.4 Å². The summed E-state index contributed by atoms with van der Waals surface area (Å²) in [4.78, 5) is 0.00129. The van der Waals surface area contributed by atoms with E-state index in [-0.39, 0.29) is 21.4 Å². The predicted octanol–water partition coefficient (Wildman–Crippen LogP) is 4.85. The Morgan fingerprint density at radius 2 is 1.83 bits per heavy atom. The molecule has 1 saturated carbocycles. The van der Waals surface area contributed by atoms with Crippen molar-refractivity contribution >= 4 is 44.2 Å². The van der Waals surface area contributed by atoms with E-state index >= 15 is 0 Å². The van der Waals surface area contributed by atoms with E-state index < -0.39 is 15.8 Å². The third-order valence-corrected chi connectivity index (χ3v) is 8.82. The predicted molar refractivity (Wildman–Crippen MR) is 126 cm³/mol. The van der Waals surface area contributed by atoms with Gasteiger partial charge in [0.05, 0.1) is 9.92 Å². The molecule has 2 fully saturated rings. The number of halogens is 3. The molecule has 2 N–H and O–H groups in total. The van der Waals surface area contributed by atoms with Gasteiger partial charge in [-0.25, -0.2) is 17.5 Å². The second-order valence-electron chi connectivity index (χ2n) is 8.34. The van der Waals surface area contributed by atoms with Gasteiger partial charge in [0.25, 0.3) is 0 Å². The molecule has 0 radical (unpaired) electrons. The van der Waals surface area contributed by atoms with E-state index in [0.29, 0.717) is 5.92 Å². The summed E-state index contributed by atoms with van der Waals surface area (Å²) in [6, 6.07) is 11.8. The molecule has 2 aromatic carbocycles. The Labute approximate surface area is 196 Å². The lowest BCUT2D eigenvalue weighted by atomic mass is 9.67. The third kappa shape index (κ3) is 4.85. The van der Waals surface area contributed by atoms with E-state index in [0.717, 1.165) is 54.8 Å². The molecule has 4 nitrogen and oxygen atoms in total. The molecule has 0 amide bonds. The Morgan fingerprint density at radius 3 is 2.43 bits per heavy atom. The summed E-state index contributed by atoms with van der Waals surface area (Å²) >= 11 is 8.15. The third-order valence-electron chi connectivity index (χ3n) is 6.35. The molecule has 1 aliphatic carbocycles. The first-order valence-electron chi connectivity index (χ1n) is 10.2. The smallest absolute Gasteiger partial charge is 0.240 e. The van der Waals surface area contributed by atoms with Crippen LogP contribution in [0.2, 0.25) is 5.02 Å². The second-order valence-corrected chi connectivity index (χ2v) is 11.7. The zero-order valence-corrected chi connectivity index (χ0v) is 20.2. The van der Waals surface area contributed by atoms with Gasteiger partial charge in [-0.15, -0.1) is 0 Å². The minimum absolute atomic E-state index is 0.00129. The van der Waals surface area contributed by atoms with Crippen molar-refractivity contribution in [2.75, 3.05) is 13.1 Å². The first-order chi connectivity index (χ1) is 14.3. The van der Waals surface area contributed by atoms with E-state index in [9.17, 15) is 12.8 Å². The highest BCUT2D eigenvalue weighted by Gasteiger charge is 2.45. The molecule has 2 aliphatic rings. The molecule has 0 aromatic heterocycles. The van der Waals surface area contributed by atoms with Crippen LogP contribution in [0.15, 0.2) is 47.4 Å². The zero-order valence-electron chi connectivity index (χ0n) is 16.5. The van der Waals surface area contributed by atoms with Crippen molar-refractivity contribution in [2.45, 2.75) is 48.5 Å². The Kier molecular flexibility index (Phi) is 6.75. The fraction of sp³-hybridized carbons (Fsp3) is 0.455. The second kappa shape index (κ2) is 9.02. The van der Waals surface area contributed by atoms with E-state index in [1.165, 1.54) is 17.7 Å². The lowest BCUT2D eigenvalue weighted by Crippen LogP contribution is -2.55. The highest BCUT2D eigenvalue weighted by molar-refractivity contribution is 14.1. The van der Waals surface area contributed by atoms with Crippen molar-refractivity contribution < 1.29 is 12.8 Å². The fourth-order valence-electron chi connectivity index (χ4n) is 4.47. The molecular weight excluding hydrogens is 538 g/mol. The Morgan fingerprint density at radius 1 is 1.17 bits per heavy atom. The van der Waals surface area contributed by atoms with Crippen molar-refractivity contribution in [3.8, 4) is 0 Å². The molecule has 1 saturated heterocycles. The fourth-order valence-corrected chi connectivity index (χ4v) is 6.42. The van der Waals surface area contributed by atoms with Crippen molar-refractivity contribution in [1.82, 2.24) is 10.0 Å². The molecule has 162 valence electrons. The molecule has 1 atom stereocenters. The molecule has 1 unspecified atom stereocenters. The zero-order chi connectivity index (χ0) is 21.4. The first-order valence-corrected chi connectivity index (χ1v) is 13.2. The molecule has 1 aliphatic heterocycles. The molecule has 2 aromatic rings. The molecule has 8 heteroatoms. The van der Waals surface area contributed by atoms with Crippen LogP contribution < -0.4 is 10.0 Å². The minimum atomic E-state index is -3.84. The van der Waals surface area contributed by atoms with Gasteiger partial charge in [-0.05, 0) is 96.8 Å². The van der Waals surface area contributed by atoms with Crippen LogP contribution in [0.3, 0.4) is 0 Å². The number of rotatable bonds is 7. The van der Waals surface area contributed by atoms with Gasteiger partial charge in [-0.3, -0.25) is 0 Å². The average Bonchev–Trinajstić information content (AvgIpc) is 3.54. The average molecular weight is 563 g/mol. The molecule has 1 heterocycles. The Balaban J connectivity index is 1.72. The van der Waals surface area contributed by atoms with Crippen molar-refractivity contribution in [2.24, 2.45) is 5.92 Å². The van der Waals surface area contributed by atoms with Gasteiger partial charge in [0.15, 0.2) is 0 Å². The molecule has 30 heavy (non-hydrogen) atoms. The van der Waals surface area contributed by atoms with E-state index in [2.05, 4.69) is 56.9 Å². The number of benzene rings is 2. The van der Waals surface area contributed by atoms with Crippen LogP contribution in [0.1, 0.15) is 37.7 Å². The number of hydrogen-bond acceptors (Lipinski definition) is 3. The topological polar surface area (TPSA) is 58.2 Å². The van der Waals surface area contributed by atoms with Gasteiger partial charge >= 0.3 is 0 Å². The maximum atomic E-state index is 13.6. The minimum Gasteiger partial charge on any atom is -0.317 e. The highest BCUT2D eigenvalue weighted by atomic mass is 127. The summed E-state index contributed by atoms with van der Waals surface area (Å²) in [5.41, 5.74) is 0.893. The van der Waals surface area contributed by atoms with Crippen LogP contribution in [-0.4, -0.2) is 27.5 Å². The molecular formula is C22H25ClFIN2O2S. The van der Waals surface area contributed by atoms with Gasteiger partial charge in [-0.2, -0.15) is 0 Å². The number of piperidine rings is 1. The molecule has 0 bridgehead atoms. The summed E-state index contributed by atoms with van der Waals surface area (Å²) in [5, 5.41) is 3.23. The summed E-state index contributed by atoms with van der Waals surface area (Å²) < 4.78 is 44.3. The molecule has 4 rings (SSSR count). The SMILES string of the molecule is O=S(=O)(NC(CC1CC1)C1(c2ccc(I)cc2)CCNCC1)c1ccc(F)c(Cl)c1. The standard InChI is InChI=1S/C22H25ClFIN2O2S/c23-19-14-18(7-8-20(19)24)30(28,29)27-21(13-15-1-2-15)22(9-11-26-12-10-22)16-3-5-17(25)6-4-16/h3-8,14-15,21,26-27H,1-2,9-13H2. The summed E-state index contributed by atoms with van der Waals surface area (Å²) in [7, 11) is -3.84. The van der Waals surface area contributed by atoms with Gasteiger partial charge in [0.2, 0.25) is 10.0 Å². The Bertz CT molecular complexity index is 1010. The maximum Gasteiger partial charge on any atom is 0.240 e. The van der Waals surface area contributed by atoms with Crippen LogP contribution in [0.5, 0.6) is 0 Å². The van der Waals surface area contributed by atoms with Crippen LogP contribution >= 0.6 is 34.2 Å². The van der Waals surface area contributed by atoms with Crippen molar-refractivity contribution in [3.63, 3.8) is 0 Å². The monoisotopic (exact) mass is 562 g/mol. The van der Waals surface area contributed by atoms with Gasteiger partial charge in [0.1, 0.15) is 5.82 Å². The summed E-state index contributed by atoms with van der Waals surface area (Å²) in [6.07, 6.45) is 4.80. The quantitative estimate of drug-likeness (QED) is 0.475. The van der Waals surface area contributed by atoms with Crippen LogP contribution in [-0.2, 0) is 15.4 Å². The van der Waals surface area contributed by atoms with Gasteiger partial charge in [0, 0.05) is 15.0 Å². The first kappa shape index (κ1) is 22.5. The number of nitrogens with one attached hydrogen (secondary N) is 2. The van der Waals surface area contributed by atoms with E-state index in [1.54, 1.807) is 0 Å². The number of hydrogen-bond donors (Lipinski definition) is 2. The molecule has 0 spiro atoms. The lowest BCUT2D eigenvalue weighted by molar-refractivity contribution is 0.227. The number of sulfonamides is 1. The van der Waals surface area contributed by atoms with Crippen LogP contribution in [0, 0.1) is 15.3 Å². The van der Waals surface area contributed by atoms with Crippen LogP contribution in [0.4, 0.5) is 4.39 Å². The van der Waals surface area contributed by atoms with Gasteiger partial charge < -0.3 is 5.32 Å². The largest absolute Gasteiger partial charge is 0.317 e. The lowest BCUT2D eigenvalue weighted by Gasteiger charge is -2.45. The van der Waals surface area contributed by atoms with Crippen molar-refractivity contribution in [1.29, 1.82) is 0 Å². The van der Waals surface area contributed by atoms with E-state index in [1.807, 2.05) is 0 Å². The summed E-state index contributed by atoms with van der Waals surface area (Å²) in [6.45, 7) is 1.69. The van der Waals surface area contributed by atoms with E-state index in [4.69, 9.17) is 11.6 Å².